The molecular weight excluding hydrogens is 150 g/mol. The quantitative estimate of drug-likeness (QED) is 0.643. The molecule has 3 nitrogen and oxygen atoms in total. The number of piperazine rings is 1. The average Bonchev–Trinajstić information content (AvgIpc) is 2.21. The molecule has 1 aromatic rings. The van der Waals surface area contributed by atoms with Crippen LogP contribution in [-0.4, -0.2) is 31.2 Å². The highest BCUT2D eigenvalue weighted by molar-refractivity contribution is 5.43. The summed E-state index contributed by atoms with van der Waals surface area (Å²) in [5.41, 5.74) is 1.20. The van der Waals surface area contributed by atoms with Crippen LogP contribution < -0.4 is 10.2 Å². The maximum Gasteiger partial charge on any atom is 0.0887 e. The highest BCUT2D eigenvalue weighted by atomic mass is 15.2. The summed E-state index contributed by atoms with van der Waals surface area (Å²) in [5, 5.41) is 3.31. The van der Waals surface area contributed by atoms with E-state index in [9.17, 15) is 0 Å². The van der Waals surface area contributed by atoms with Crippen LogP contribution in [0.1, 0.15) is 0 Å². The molecule has 12 heavy (non-hydrogen) atoms. The fourth-order valence-electron chi connectivity index (χ4n) is 1.42. The van der Waals surface area contributed by atoms with E-state index in [-0.39, 0.29) is 0 Å². The van der Waals surface area contributed by atoms with Crippen molar-refractivity contribution in [1.82, 2.24) is 10.3 Å². The first-order chi connectivity index (χ1) is 5.97. The van der Waals surface area contributed by atoms with Crippen LogP contribution in [0.5, 0.6) is 0 Å². The molecule has 0 bridgehead atoms. The Morgan fingerprint density at radius 1 is 1.42 bits per heavy atom. The van der Waals surface area contributed by atoms with Crippen molar-refractivity contribution in [3.8, 4) is 0 Å². The van der Waals surface area contributed by atoms with Gasteiger partial charge in [0.15, 0.2) is 0 Å². The van der Waals surface area contributed by atoms with Crippen LogP contribution in [0.4, 0.5) is 5.69 Å². The zero-order valence-corrected chi connectivity index (χ0v) is 6.95. The average molecular weight is 162 g/mol. The highest BCUT2D eigenvalue weighted by Gasteiger charge is 2.09. The van der Waals surface area contributed by atoms with E-state index in [4.69, 9.17) is 0 Å². The smallest absolute Gasteiger partial charge is 0.0887 e. The summed E-state index contributed by atoms with van der Waals surface area (Å²) < 4.78 is 0. The van der Waals surface area contributed by atoms with Crippen LogP contribution in [0.15, 0.2) is 18.3 Å². The molecule has 1 saturated heterocycles. The first kappa shape index (κ1) is 7.55. The van der Waals surface area contributed by atoms with Crippen LogP contribution in [-0.2, 0) is 0 Å². The zero-order chi connectivity index (χ0) is 8.23. The number of rotatable bonds is 1. The highest BCUT2D eigenvalue weighted by Crippen LogP contribution is 2.10. The van der Waals surface area contributed by atoms with Crippen LogP contribution in [0.3, 0.4) is 0 Å². The Balaban J connectivity index is 2.08. The van der Waals surface area contributed by atoms with Gasteiger partial charge in [-0.1, -0.05) is 0 Å². The summed E-state index contributed by atoms with van der Waals surface area (Å²) in [4.78, 5) is 6.30. The number of pyridine rings is 1. The van der Waals surface area contributed by atoms with Crippen LogP contribution in [0.25, 0.3) is 0 Å². The van der Waals surface area contributed by atoms with Crippen molar-refractivity contribution >= 4 is 5.69 Å². The second-order valence-electron chi connectivity index (χ2n) is 2.88. The second-order valence-corrected chi connectivity index (χ2v) is 2.88. The molecule has 1 aliphatic heterocycles. The van der Waals surface area contributed by atoms with Crippen molar-refractivity contribution in [3.63, 3.8) is 0 Å². The number of nitrogens with zero attached hydrogens (tertiary/aromatic N) is 2. The Morgan fingerprint density at radius 2 is 2.25 bits per heavy atom. The molecule has 0 atom stereocenters. The number of nitrogens with one attached hydrogen (secondary N) is 1. The lowest BCUT2D eigenvalue weighted by Gasteiger charge is -2.28. The first-order valence-electron chi connectivity index (χ1n) is 4.24. The molecule has 1 fully saturated rings. The van der Waals surface area contributed by atoms with E-state index in [1.165, 1.54) is 5.69 Å². The third kappa shape index (κ3) is 1.56. The predicted molar refractivity (Wildman–Crippen MR) is 48.2 cm³/mol. The summed E-state index contributed by atoms with van der Waals surface area (Å²) >= 11 is 0. The lowest BCUT2D eigenvalue weighted by atomic mass is 10.3. The van der Waals surface area contributed by atoms with Crippen LogP contribution >= 0.6 is 0 Å². The Bertz CT molecular complexity index is 229. The van der Waals surface area contributed by atoms with E-state index < -0.39 is 0 Å². The van der Waals surface area contributed by atoms with Crippen molar-refractivity contribution in [3.05, 3.63) is 24.5 Å². The monoisotopic (exact) mass is 162 g/mol. The Labute approximate surface area is 72.4 Å². The Morgan fingerprint density at radius 3 is 2.92 bits per heavy atom. The molecule has 63 valence electrons. The topological polar surface area (TPSA) is 28.2 Å². The molecule has 2 rings (SSSR count). The number of aromatic nitrogens is 1. The van der Waals surface area contributed by atoms with E-state index in [0.717, 1.165) is 26.2 Å². The zero-order valence-electron chi connectivity index (χ0n) is 6.95. The largest absolute Gasteiger partial charge is 0.368 e. The minimum Gasteiger partial charge on any atom is -0.368 e. The molecule has 1 radical (unpaired) electrons. The molecule has 0 unspecified atom stereocenters. The molecule has 3 heteroatoms. The lowest BCUT2D eigenvalue weighted by molar-refractivity contribution is 0.588. The van der Waals surface area contributed by atoms with Gasteiger partial charge in [0, 0.05) is 26.2 Å². The predicted octanol–water partition coefficient (Wildman–Crippen LogP) is 0.291. The molecule has 1 aliphatic rings. The van der Waals surface area contributed by atoms with Gasteiger partial charge in [-0.3, -0.25) is 4.98 Å². The number of anilines is 1. The number of hydrogen-bond donors (Lipinski definition) is 1. The summed E-state index contributed by atoms with van der Waals surface area (Å²) in [6.45, 7) is 4.29. The molecule has 0 aromatic carbocycles. The van der Waals surface area contributed by atoms with Crippen molar-refractivity contribution < 1.29 is 0 Å². The summed E-state index contributed by atoms with van der Waals surface area (Å²) in [6, 6.07) is 3.91. The van der Waals surface area contributed by atoms with Crippen molar-refractivity contribution in [2.75, 3.05) is 31.1 Å². The van der Waals surface area contributed by atoms with Gasteiger partial charge in [-0.05, 0) is 12.1 Å². The molecule has 0 aliphatic carbocycles. The molecule has 0 amide bonds. The third-order valence-corrected chi connectivity index (χ3v) is 2.08. The van der Waals surface area contributed by atoms with Gasteiger partial charge in [-0.25, -0.2) is 0 Å². The van der Waals surface area contributed by atoms with Gasteiger partial charge in [0.1, 0.15) is 0 Å². The minimum absolute atomic E-state index is 1.07. The van der Waals surface area contributed by atoms with Gasteiger partial charge >= 0.3 is 0 Å². The van der Waals surface area contributed by atoms with Crippen molar-refractivity contribution in [2.24, 2.45) is 0 Å². The van der Waals surface area contributed by atoms with E-state index >= 15 is 0 Å². The first-order valence-corrected chi connectivity index (χ1v) is 4.24. The summed E-state index contributed by atoms with van der Waals surface area (Å²) in [7, 11) is 0. The third-order valence-electron chi connectivity index (χ3n) is 2.08. The van der Waals surface area contributed by atoms with E-state index in [0.29, 0.717) is 0 Å². The molecule has 1 aromatic heterocycles. The van der Waals surface area contributed by atoms with Gasteiger partial charge in [-0.2, -0.15) is 0 Å². The summed E-state index contributed by atoms with van der Waals surface area (Å²) in [5.74, 6) is 0. The van der Waals surface area contributed by atoms with Gasteiger partial charge in [-0.15, -0.1) is 0 Å². The van der Waals surface area contributed by atoms with Gasteiger partial charge in [0.25, 0.3) is 0 Å². The Hall–Kier alpha value is -1.09. The SMILES string of the molecule is [c]1ccc(N2CCNCC2)cn1. The maximum absolute atomic E-state index is 3.97. The molecule has 0 spiro atoms. The lowest BCUT2D eigenvalue weighted by Crippen LogP contribution is -2.43. The fourth-order valence-corrected chi connectivity index (χ4v) is 1.42. The van der Waals surface area contributed by atoms with Crippen molar-refractivity contribution in [2.45, 2.75) is 0 Å². The molecule has 2 heterocycles. The van der Waals surface area contributed by atoms with Gasteiger partial charge in [0.05, 0.1) is 18.1 Å². The van der Waals surface area contributed by atoms with Gasteiger partial charge < -0.3 is 10.2 Å². The standard InChI is InChI=1S/C9H12N3/c1-2-9(8-11-3-1)12-6-4-10-5-7-12/h1-2,8,10H,4-7H2. The van der Waals surface area contributed by atoms with E-state index in [1.54, 1.807) is 0 Å². The molecule has 1 N–H and O–H groups in total. The number of hydrogen-bond acceptors (Lipinski definition) is 3. The van der Waals surface area contributed by atoms with E-state index in [2.05, 4.69) is 27.5 Å². The summed E-state index contributed by atoms with van der Waals surface area (Å²) in [6.07, 6.45) is 4.65. The normalized spacial score (nSPS) is 17.8. The van der Waals surface area contributed by atoms with Gasteiger partial charge in [0.2, 0.25) is 0 Å². The van der Waals surface area contributed by atoms with Crippen molar-refractivity contribution in [1.29, 1.82) is 0 Å². The van der Waals surface area contributed by atoms with Crippen LogP contribution in [0, 0.1) is 6.20 Å². The second kappa shape index (κ2) is 3.54. The maximum atomic E-state index is 3.97. The fraction of sp³-hybridized carbons (Fsp3) is 0.444. The molecular formula is C9H12N3. The Kier molecular flexibility index (Phi) is 2.23. The van der Waals surface area contributed by atoms with Crippen LogP contribution in [0.2, 0.25) is 0 Å². The molecule has 0 saturated carbocycles. The van der Waals surface area contributed by atoms with E-state index in [1.807, 2.05) is 12.3 Å². The minimum atomic E-state index is 1.07.